The van der Waals surface area contributed by atoms with Gasteiger partial charge in [-0.2, -0.15) is 0 Å². The van der Waals surface area contributed by atoms with Crippen LogP contribution in [-0.4, -0.2) is 39.5 Å². The molecule has 1 aliphatic rings. The highest BCUT2D eigenvalue weighted by molar-refractivity contribution is 7.13. The lowest BCUT2D eigenvalue weighted by molar-refractivity contribution is -0.151. The molecule has 0 saturated carbocycles. The van der Waals surface area contributed by atoms with E-state index in [0.717, 1.165) is 17.7 Å². The molecule has 1 fully saturated rings. The fourth-order valence-corrected chi connectivity index (χ4v) is 3.48. The fraction of sp³-hybridized carbons (Fsp3) is 0.438. The Morgan fingerprint density at radius 1 is 1.48 bits per heavy atom. The molecule has 1 N–H and O–H groups in total. The zero-order chi connectivity index (χ0) is 16.4. The van der Waals surface area contributed by atoms with Crippen molar-refractivity contribution in [3.8, 4) is 10.8 Å². The van der Waals surface area contributed by atoms with Gasteiger partial charge in [-0.05, 0) is 37.6 Å². The van der Waals surface area contributed by atoms with Gasteiger partial charge in [0.05, 0.1) is 17.0 Å². The minimum absolute atomic E-state index is 0.0739. The van der Waals surface area contributed by atoms with Gasteiger partial charge in [-0.25, -0.2) is 9.78 Å². The molecule has 2 aromatic rings. The van der Waals surface area contributed by atoms with E-state index in [1.54, 1.807) is 6.92 Å². The van der Waals surface area contributed by atoms with Gasteiger partial charge in [0.25, 0.3) is 0 Å². The van der Waals surface area contributed by atoms with Gasteiger partial charge in [-0.3, -0.25) is 4.79 Å². The summed E-state index contributed by atoms with van der Waals surface area (Å²) in [6, 6.07) is 3.10. The number of carboxylic acid groups (broad SMARTS) is 1. The summed E-state index contributed by atoms with van der Waals surface area (Å²) in [6.45, 7) is 2.27. The van der Waals surface area contributed by atoms with E-state index in [0.29, 0.717) is 30.3 Å². The Balaban J connectivity index is 1.76. The highest BCUT2D eigenvalue weighted by Crippen LogP contribution is 2.26. The summed E-state index contributed by atoms with van der Waals surface area (Å²) in [4.78, 5) is 30.6. The van der Waals surface area contributed by atoms with E-state index < -0.39 is 12.0 Å². The first-order valence-electron chi connectivity index (χ1n) is 7.58. The van der Waals surface area contributed by atoms with Crippen LogP contribution in [-0.2, 0) is 16.0 Å². The Labute approximate surface area is 137 Å². The molecule has 0 aromatic carbocycles. The molecule has 3 heterocycles. The maximum atomic E-state index is 12.5. The second-order valence-corrected chi connectivity index (χ2v) is 6.56. The number of rotatable bonds is 4. The lowest BCUT2D eigenvalue weighted by Crippen LogP contribution is -2.48. The summed E-state index contributed by atoms with van der Waals surface area (Å²) in [5, 5.41) is 11.2. The number of carbonyl (C=O) groups excluding carboxylic acids is 1. The van der Waals surface area contributed by atoms with Crippen LogP contribution in [0.4, 0.5) is 0 Å². The van der Waals surface area contributed by atoms with Gasteiger partial charge in [-0.15, -0.1) is 11.3 Å². The van der Waals surface area contributed by atoms with Crippen LogP contribution in [0.15, 0.2) is 21.9 Å². The molecule has 0 aliphatic carbocycles. The van der Waals surface area contributed by atoms with Crippen LogP contribution in [0.5, 0.6) is 0 Å². The van der Waals surface area contributed by atoms with E-state index in [1.807, 2.05) is 17.5 Å². The first kappa shape index (κ1) is 15.7. The number of aryl methyl sites for hydroxylation is 1. The molecule has 3 rings (SSSR count). The molecule has 0 bridgehead atoms. The third kappa shape index (κ3) is 3.29. The highest BCUT2D eigenvalue weighted by atomic mass is 32.1. The minimum atomic E-state index is -0.936. The summed E-state index contributed by atoms with van der Waals surface area (Å²) in [6.07, 6.45) is 2.27. The molecule has 1 aliphatic heterocycles. The Morgan fingerprint density at radius 2 is 2.30 bits per heavy atom. The van der Waals surface area contributed by atoms with Crippen molar-refractivity contribution in [2.45, 2.75) is 38.6 Å². The highest BCUT2D eigenvalue weighted by Gasteiger charge is 2.32. The molecule has 1 amide bonds. The molecule has 1 saturated heterocycles. The van der Waals surface area contributed by atoms with E-state index in [1.165, 1.54) is 16.2 Å². The topological polar surface area (TPSA) is 83.6 Å². The fourth-order valence-electron chi connectivity index (χ4n) is 2.83. The van der Waals surface area contributed by atoms with Gasteiger partial charge in [0.2, 0.25) is 11.8 Å². The molecule has 6 nitrogen and oxygen atoms in total. The summed E-state index contributed by atoms with van der Waals surface area (Å²) in [5.74, 6) is -0.0280. The van der Waals surface area contributed by atoms with Gasteiger partial charge in [0, 0.05) is 6.54 Å². The zero-order valence-electron chi connectivity index (χ0n) is 12.8. The van der Waals surface area contributed by atoms with Crippen LogP contribution in [0, 0.1) is 6.92 Å². The van der Waals surface area contributed by atoms with E-state index in [9.17, 15) is 14.7 Å². The smallest absolute Gasteiger partial charge is 0.326 e. The van der Waals surface area contributed by atoms with E-state index in [-0.39, 0.29) is 12.3 Å². The van der Waals surface area contributed by atoms with Crippen molar-refractivity contribution >= 4 is 23.2 Å². The van der Waals surface area contributed by atoms with E-state index >= 15 is 0 Å². The van der Waals surface area contributed by atoms with Crippen molar-refractivity contribution in [1.82, 2.24) is 9.88 Å². The van der Waals surface area contributed by atoms with E-state index in [4.69, 9.17) is 4.42 Å². The normalized spacial score (nSPS) is 18.1. The number of oxazole rings is 1. The Hall–Kier alpha value is -2.15. The first-order valence-corrected chi connectivity index (χ1v) is 8.46. The summed E-state index contributed by atoms with van der Waals surface area (Å²) >= 11 is 1.52. The van der Waals surface area contributed by atoms with Crippen molar-refractivity contribution in [1.29, 1.82) is 0 Å². The minimum Gasteiger partial charge on any atom is -0.480 e. The number of amides is 1. The number of likely N-dealkylation sites (tertiary alicyclic amines) is 1. The van der Waals surface area contributed by atoms with Gasteiger partial charge in [-0.1, -0.05) is 6.07 Å². The van der Waals surface area contributed by atoms with Crippen LogP contribution >= 0.6 is 11.3 Å². The number of hydrogen-bond acceptors (Lipinski definition) is 5. The monoisotopic (exact) mass is 334 g/mol. The third-order valence-electron chi connectivity index (χ3n) is 4.05. The maximum absolute atomic E-state index is 12.5. The summed E-state index contributed by atoms with van der Waals surface area (Å²) in [5.41, 5.74) is 0.577. The Morgan fingerprint density at radius 3 is 3.00 bits per heavy atom. The van der Waals surface area contributed by atoms with Crippen LogP contribution < -0.4 is 0 Å². The second kappa shape index (κ2) is 6.54. The number of aromatic nitrogens is 1. The van der Waals surface area contributed by atoms with Crippen molar-refractivity contribution in [3.63, 3.8) is 0 Å². The molecule has 1 atom stereocenters. The number of hydrogen-bond donors (Lipinski definition) is 1. The van der Waals surface area contributed by atoms with Crippen molar-refractivity contribution in [2.75, 3.05) is 6.54 Å². The van der Waals surface area contributed by atoms with Crippen LogP contribution in [0.25, 0.3) is 10.8 Å². The SMILES string of the molecule is Cc1oc(-c2cccs2)nc1CC(=O)N1CCCC[C@@H]1C(=O)O. The quantitative estimate of drug-likeness (QED) is 0.929. The number of aliphatic carboxylic acids is 1. The molecule has 23 heavy (non-hydrogen) atoms. The largest absolute Gasteiger partial charge is 0.480 e. The molecular weight excluding hydrogens is 316 g/mol. The average molecular weight is 334 g/mol. The number of thiophene rings is 1. The van der Waals surface area contributed by atoms with Crippen LogP contribution in [0.2, 0.25) is 0 Å². The van der Waals surface area contributed by atoms with Gasteiger partial charge < -0.3 is 14.4 Å². The number of carboxylic acids is 1. The van der Waals surface area contributed by atoms with Gasteiger partial charge in [0.1, 0.15) is 11.8 Å². The predicted octanol–water partition coefficient (Wildman–Crippen LogP) is 2.72. The molecule has 122 valence electrons. The molecule has 7 heteroatoms. The standard InChI is InChI=1S/C16H18N2O4S/c1-10-11(17-15(22-10)13-6-4-8-23-13)9-14(19)18-7-3-2-5-12(18)16(20)21/h4,6,8,12H,2-3,5,7,9H2,1H3,(H,20,21)/t12-/m1/s1. The van der Waals surface area contributed by atoms with Crippen molar-refractivity contribution in [3.05, 3.63) is 29.0 Å². The lowest BCUT2D eigenvalue weighted by atomic mass is 10.0. The Bertz CT molecular complexity index is 708. The summed E-state index contributed by atoms with van der Waals surface area (Å²) in [7, 11) is 0. The molecule has 0 unspecified atom stereocenters. The number of piperidine rings is 1. The van der Waals surface area contributed by atoms with Crippen molar-refractivity contribution < 1.29 is 19.1 Å². The maximum Gasteiger partial charge on any atom is 0.326 e. The van der Waals surface area contributed by atoms with E-state index in [2.05, 4.69) is 4.98 Å². The molecular formula is C16H18N2O4S. The summed E-state index contributed by atoms with van der Waals surface area (Å²) < 4.78 is 5.63. The lowest BCUT2D eigenvalue weighted by Gasteiger charge is -2.32. The second-order valence-electron chi connectivity index (χ2n) is 5.61. The number of nitrogens with zero attached hydrogens (tertiary/aromatic N) is 2. The van der Waals surface area contributed by atoms with Crippen LogP contribution in [0.1, 0.15) is 30.7 Å². The first-order chi connectivity index (χ1) is 11.1. The zero-order valence-corrected chi connectivity index (χ0v) is 13.6. The predicted molar refractivity (Wildman–Crippen MR) is 85.2 cm³/mol. The molecule has 2 aromatic heterocycles. The van der Waals surface area contributed by atoms with Crippen LogP contribution in [0.3, 0.4) is 0 Å². The van der Waals surface area contributed by atoms with Gasteiger partial charge >= 0.3 is 5.97 Å². The van der Waals surface area contributed by atoms with Crippen molar-refractivity contribution in [2.24, 2.45) is 0 Å². The number of carbonyl (C=O) groups is 2. The third-order valence-corrected chi connectivity index (χ3v) is 4.91. The molecule has 0 radical (unpaired) electrons. The molecule has 0 spiro atoms. The Kier molecular flexibility index (Phi) is 4.47. The van der Waals surface area contributed by atoms with Gasteiger partial charge in [0.15, 0.2) is 0 Å². The average Bonchev–Trinajstić information content (AvgIpc) is 3.17.